The third kappa shape index (κ3) is 6.64. The average molecular weight is 483 g/mol. The van der Waals surface area contributed by atoms with Crippen molar-refractivity contribution < 1.29 is 27.1 Å². The van der Waals surface area contributed by atoms with Crippen LogP contribution in [-0.2, 0) is 32.4 Å². The Morgan fingerprint density at radius 3 is 2.53 bits per heavy atom. The molecule has 6 nitrogen and oxygen atoms in total. The molecule has 7 heteroatoms. The molecule has 1 heterocycles. The van der Waals surface area contributed by atoms with Crippen molar-refractivity contribution in [3.05, 3.63) is 63.9 Å². The van der Waals surface area contributed by atoms with Gasteiger partial charge in [0, 0.05) is 29.2 Å². The number of aryl methyl sites for hydroxylation is 2. The zero-order chi connectivity index (χ0) is 24.9. The summed E-state index contributed by atoms with van der Waals surface area (Å²) >= 11 is 0. The maximum Gasteiger partial charge on any atom is 0.306 e. The van der Waals surface area contributed by atoms with Gasteiger partial charge in [0.05, 0.1) is 6.61 Å². The number of fused-ring (bicyclic) bond motifs is 1. The van der Waals surface area contributed by atoms with E-state index in [0.717, 1.165) is 51.0 Å². The van der Waals surface area contributed by atoms with Crippen LogP contribution >= 0.6 is 0 Å². The fraction of sp³-hybridized carbons (Fsp3) is 0.370. The van der Waals surface area contributed by atoms with Crippen molar-refractivity contribution in [2.45, 2.75) is 47.1 Å². The number of benzene rings is 2. The molecule has 0 aliphatic carbocycles. The van der Waals surface area contributed by atoms with Crippen molar-refractivity contribution in [2.75, 3.05) is 18.6 Å². The predicted molar refractivity (Wildman–Crippen MR) is 133 cm³/mol. The first-order chi connectivity index (χ1) is 16.1. The van der Waals surface area contributed by atoms with Gasteiger partial charge in [0.15, 0.2) is 9.84 Å². The summed E-state index contributed by atoms with van der Waals surface area (Å²) in [6.07, 6.45) is 2.12. The molecule has 0 radical (unpaired) electrons. The molecule has 180 valence electrons. The van der Waals surface area contributed by atoms with Gasteiger partial charge < -0.3 is 13.9 Å². The summed E-state index contributed by atoms with van der Waals surface area (Å²) in [7, 11) is -3.16. The van der Waals surface area contributed by atoms with E-state index < -0.39 is 9.84 Å². The molecule has 0 saturated carbocycles. The fourth-order valence-corrected chi connectivity index (χ4v) is 4.04. The normalized spacial score (nSPS) is 11.2. The molecule has 0 fully saturated rings. The Morgan fingerprint density at radius 1 is 1.06 bits per heavy atom. The van der Waals surface area contributed by atoms with Gasteiger partial charge in [-0.2, -0.15) is 0 Å². The summed E-state index contributed by atoms with van der Waals surface area (Å²) in [4.78, 5) is 11.7. The molecule has 3 aromatic rings. The van der Waals surface area contributed by atoms with Gasteiger partial charge >= 0.3 is 5.97 Å². The monoisotopic (exact) mass is 482 g/mol. The molecule has 0 unspecified atom stereocenters. The molecule has 0 bridgehead atoms. The third-order valence-corrected chi connectivity index (χ3v) is 6.19. The molecule has 0 atom stereocenters. The number of carbonyl (C=O) groups excluding carboxylic acids is 1. The Bertz CT molecular complexity index is 1370. The standard InChI is InChI=1S/C27H30O6S/c1-6-31-26(28)12-10-22-9-11-25(20(4)19(22)3)32-17-24-16-21(8-7-13-34(5,29)30)15-23-14-18(2)33-27(23)24/h9,11,14-16H,6,10,12-13,17H2,1-5H3. The van der Waals surface area contributed by atoms with Gasteiger partial charge in [0.1, 0.15) is 29.5 Å². The summed E-state index contributed by atoms with van der Waals surface area (Å²) in [6, 6.07) is 9.59. The molecule has 0 spiro atoms. The Morgan fingerprint density at radius 2 is 1.82 bits per heavy atom. The fourth-order valence-electron chi connectivity index (χ4n) is 3.71. The lowest BCUT2D eigenvalue weighted by Gasteiger charge is -2.15. The first-order valence-corrected chi connectivity index (χ1v) is 13.2. The average Bonchev–Trinajstić information content (AvgIpc) is 3.13. The van der Waals surface area contributed by atoms with Crippen LogP contribution < -0.4 is 4.74 Å². The minimum atomic E-state index is -3.16. The van der Waals surface area contributed by atoms with Crippen molar-refractivity contribution in [2.24, 2.45) is 0 Å². The van der Waals surface area contributed by atoms with Crippen LogP contribution in [0.5, 0.6) is 5.75 Å². The van der Waals surface area contributed by atoms with Gasteiger partial charge in [-0.25, -0.2) is 8.42 Å². The quantitative estimate of drug-likeness (QED) is 0.338. The van der Waals surface area contributed by atoms with Crippen LogP contribution in [0.15, 0.2) is 34.7 Å². The summed E-state index contributed by atoms with van der Waals surface area (Å²) in [5, 5.41) is 0.893. The van der Waals surface area contributed by atoms with Crippen LogP contribution in [0.25, 0.3) is 11.0 Å². The first-order valence-electron chi connectivity index (χ1n) is 11.1. The van der Waals surface area contributed by atoms with E-state index in [4.69, 9.17) is 13.9 Å². The van der Waals surface area contributed by atoms with Crippen LogP contribution in [0.3, 0.4) is 0 Å². The van der Waals surface area contributed by atoms with E-state index in [1.54, 1.807) is 6.92 Å². The third-order valence-electron chi connectivity index (χ3n) is 5.52. The summed E-state index contributed by atoms with van der Waals surface area (Å²) < 4.78 is 39.8. The van der Waals surface area contributed by atoms with E-state index in [0.29, 0.717) is 25.0 Å². The maximum absolute atomic E-state index is 11.7. The van der Waals surface area contributed by atoms with Crippen LogP contribution in [0, 0.1) is 32.6 Å². The lowest BCUT2D eigenvalue weighted by Crippen LogP contribution is -2.06. The second-order valence-electron chi connectivity index (χ2n) is 8.35. The number of rotatable bonds is 8. The molecule has 34 heavy (non-hydrogen) atoms. The predicted octanol–water partition coefficient (Wildman–Crippen LogP) is 4.83. The van der Waals surface area contributed by atoms with E-state index in [1.165, 1.54) is 0 Å². The van der Waals surface area contributed by atoms with Gasteiger partial charge in [0.2, 0.25) is 0 Å². The molecule has 0 N–H and O–H groups in total. The number of furan rings is 1. The molecule has 0 amide bonds. The molecule has 2 aromatic carbocycles. The number of sulfone groups is 1. The SMILES string of the molecule is CCOC(=O)CCc1ccc(OCc2cc(C#CCS(C)(=O)=O)cc3cc(C)oc23)c(C)c1C. The zero-order valence-corrected chi connectivity index (χ0v) is 21.1. The van der Waals surface area contributed by atoms with Crippen molar-refractivity contribution in [3.63, 3.8) is 0 Å². The van der Waals surface area contributed by atoms with Crippen molar-refractivity contribution in [1.82, 2.24) is 0 Å². The Kier molecular flexibility index (Phi) is 8.06. The Labute approximate surface area is 201 Å². The number of hydrogen-bond donors (Lipinski definition) is 0. The van der Waals surface area contributed by atoms with Crippen molar-refractivity contribution >= 4 is 26.8 Å². The highest BCUT2D eigenvalue weighted by Crippen LogP contribution is 2.29. The second-order valence-corrected chi connectivity index (χ2v) is 10.5. The number of ether oxygens (including phenoxy) is 2. The number of hydrogen-bond acceptors (Lipinski definition) is 6. The van der Waals surface area contributed by atoms with Crippen LogP contribution in [0.2, 0.25) is 0 Å². The minimum absolute atomic E-state index is 0.192. The number of carbonyl (C=O) groups is 1. The van der Waals surface area contributed by atoms with Crippen molar-refractivity contribution in [1.29, 1.82) is 0 Å². The Balaban J connectivity index is 1.81. The highest BCUT2D eigenvalue weighted by molar-refractivity contribution is 7.90. The number of esters is 1. The highest BCUT2D eigenvalue weighted by atomic mass is 32.2. The molecule has 0 saturated heterocycles. The summed E-state index contributed by atoms with van der Waals surface area (Å²) in [5.74, 6) is 6.80. The molecule has 0 aliphatic heterocycles. The van der Waals surface area contributed by atoms with E-state index in [2.05, 4.69) is 11.8 Å². The molecule has 1 aromatic heterocycles. The highest BCUT2D eigenvalue weighted by Gasteiger charge is 2.13. The first kappa shape index (κ1) is 25.4. The van der Waals surface area contributed by atoms with Gasteiger partial charge in [0.25, 0.3) is 0 Å². The maximum atomic E-state index is 11.7. The smallest absolute Gasteiger partial charge is 0.306 e. The lowest BCUT2D eigenvalue weighted by molar-refractivity contribution is -0.143. The minimum Gasteiger partial charge on any atom is -0.488 e. The molecular formula is C27H30O6S. The van der Waals surface area contributed by atoms with Crippen LogP contribution in [0.1, 0.15) is 46.9 Å². The van der Waals surface area contributed by atoms with E-state index >= 15 is 0 Å². The van der Waals surface area contributed by atoms with Gasteiger partial charge in [-0.1, -0.05) is 17.9 Å². The lowest BCUT2D eigenvalue weighted by atomic mass is 9.99. The topological polar surface area (TPSA) is 82.8 Å². The molecular weight excluding hydrogens is 452 g/mol. The zero-order valence-electron chi connectivity index (χ0n) is 20.3. The van der Waals surface area contributed by atoms with Gasteiger partial charge in [-0.3, -0.25) is 4.79 Å². The Hall–Kier alpha value is -3.24. The van der Waals surface area contributed by atoms with E-state index in [1.807, 2.05) is 51.1 Å². The summed E-state index contributed by atoms with van der Waals surface area (Å²) in [6.45, 7) is 8.36. The molecule has 3 rings (SSSR count). The van der Waals surface area contributed by atoms with E-state index in [-0.39, 0.29) is 18.3 Å². The molecule has 0 aliphatic rings. The van der Waals surface area contributed by atoms with Crippen molar-refractivity contribution in [3.8, 4) is 17.6 Å². The largest absolute Gasteiger partial charge is 0.488 e. The van der Waals surface area contributed by atoms with Crippen LogP contribution in [0.4, 0.5) is 0 Å². The summed E-state index contributed by atoms with van der Waals surface area (Å²) in [5.41, 5.74) is 5.45. The van der Waals surface area contributed by atoms with Crippen LogP contribution in [-0.4, -0.2) is 33.0 Å². The van der Waals surface area contributed by atoms with E-state index in [9.17, 15) is 13.2 Å². The van der Waals surface area contributed by atoms with Gasteiger partial charge in [-0.15, -0.1) is 0 Å². The second kappa shape index (κ2) is 10.8. The van der Waals surface area contributed by atoms with Gasteiger partial charge in [-0.05, 0) is 75.1 Å².